The third-order valence-corrected chi connectivity index (χ3v) is 3.89. The zero-order chi connectivity index (χ0) is 17.1. The predicted octanol–water partition coefficient (Wildman–Crippen LogP) is 3.48. The van der Waals surface area contributed by atoms with Crippen LogP contribution in [0.4, 0.5) is 5.82 Å². The van der Waals surface area contributed by atoms with E-state index in [-0.39, 0.29) is 17.9 Å². The fraction of sp³-hybridized carbons (Fsp3) is 0.118. The van der Waals surface area contributed by atoms with Crippen molar-refractivity contribution < 1.29 is 14.6 Å². The number of phenolic OH excluding ortho intramolecular Hbond substituents is 1. The van der Waals surface area contributed by atoms with Gasteiger partial charge in [-0.2, -0.15) is 0 Å². The van der Waals surface area contributed by atoms with Crippen molar-refractivity contribution in [2.45, 2.75) is 6.61 Å². The highest BCUT2D eigenvalue weighted by atomic mass is 127. The van der Waals surface area contributed by atoms with Gasteiger partial charge in [0.15, 0.2) is 0 Å². The van der Waals surface area contributed by atoms with Gasteiger partial charge in [0.2, 0.25) is 0 Å². The summed E-state index contributed by atoms with van der Waals surface area (Å²) in [5, 5.41) is 10.8. The number of hydrogen-bond donors (Lipinski definition) is 1. The molecule has 0 amide bonds. The van der Waals surface area contributed by atoms with Crippen molar-refractivity contribution in [3.63, 3.8) is 0 Å². The Morgan fingerprint density at radius 1 is 1.25 bits per heavy atom. The molecule has 0 aliphatic rings. The Labute approximate surface area is 152 Å². The first kappa shape index (κ1) is 16.4. The average Bonchev–Trinajstić information content (AvgIpc) is 2.60. The van der Waals surface area contributed by atoms with Gasteiger partial charge in [-0.15, -0.1) is 0 Å². The summed E-state index contributed by atoms with van der Waals surface area (Å²) in [6.45, 7) is 0.169. The molecule has 0 fully saturated rings. The van der Waals surface area contributed by atoms with Crippen molar-refractivity contribution in [1.29, 1.82) is 0 Å². The fourth-order valence-electron chi connectivity index (χ4n) is 2.31. The number of aromatic hydroxyl groups is 1. The molecular weight excluding hydrogens is 421 g/mol. The topological polar surface area (TPSA) is 75.5 Å². The van der Waals surface area contributed by atoms with Gasteiger partial charge in [-0.25, -0.2) is 14.8 Å². The van der Waals surface area contributed by atoms with E-state index >= 15 is 0 Å². The molecule has 2 aromatic carbocycles. The van der Waals surface area contributed by atoms with Crippen LogP contribution in [0, 0.1) is 0 Å². The van der Waals surface area contributed by atoms with E-state index in [1.165, 1.54) is 12.4 Å². The second-order valence-electron chi connectivity index (χ2n) is 5.13. The largest absolute Gasteiger partial charge is 0.506 e. The van der Waals surface area contributed by atoms with Crippen LogP contribution < -0.4 is 3.11 Å². The minimum absolute atomic E-state index is 0.0824. The molecule has 0 spiro atoms. The van der Waals surface area contributed by atoms with E-state index in [1.54, 1.807) is 9.18 Å². The molecule has 3 rings (SSSR count). The summed E-state index contributed by atoms with van der Waals surface area (Å²) in [6.07, 6.45) is 1.37. The Morgan fingerprint density at radius 2 is 2.00 bits per heavy atom. The smallest absolute Gasteiger partial charge is 0.338 e. The van der Waals surface area contributed by atoms with Crippen LogP contribution in [-0.4, -0.2) is 28.1 Å². The summed E-state index contributed by atoms with van der Waals surface area (Å²) in [6, 6.07) is 12.4. The number of ether oxygens (including phenoxy) is 1. The molecule has 0 atom stereocenters. The molecule has 3 aromatic rings. The molecule has 1 N–H and O–H groups in total. The van der Waals surface area contributed by atoms with Crippen LogP contribution in [0.15, 0.2) is 48.8 Å². The number of phenols is 1. The minimum atomic E-state index is -0.512. The van der Waals surface area contributed by atoms with Gasteiger partial charge >= 0.3 is 5.97 Å². The third-order valence-electron chi connectivity index (χ3n) is 3.44. The summed E-state index contributed by atoms with van der Waals surface area (Å²) < 4.78 is 7.08. The van der Waals surface area contributed by atoms with Crippen molar-refractivity contribution in [3.05, 3.63) is 59.9 Å². The van der Waals surface area contributed by atoms with Crippen LogP contribution in [0.2, 0.25) is 0 Å². The number of aromatic nitrogens is 2. The van der Waals surface area contributed by atoms with Crippen LogP contribution in [0.1, 0.15) is 15.9 Å². The van der Waals surface area contributed by atoms with Crippen LogP contribution in [-0.2, 0) is 11.3 Å². The zero-order valence-electron chi connectivity index (χ0n) is 12.8. The maximum atomic E-state index is 12.3. The molecule has 1 heterocycles. The lowest BCUT2D eigenvalue weighted by molar-refractivity contribution is 0.0472. The van der Waals surface area contributed by atoms with Crippen molar-refractivity contribution in [2.75, 3.05) is 10.2 Å². The number of carbonyl (C=O) groups excluding carboxylic acids is 1. The maximum Gasteiger partial charge on any atom is 0.338 e. The molecule has 0 aliphatic heterocycles. The van der Waals surface area contributed by atoms with Gasteiger partial charge in [0, 0.05) is 12.4 Å². The van der Waals surface area contributed by atoms with E-state index in [1.807, 2.05) is 37.4 Å². The fourth-order valence-corrected chi connectivity index (χ4v) is 2.69. The summed E-state index contributed by atoms with van der Waals surface area (Å²) in [5.41, 5.74) is 1.54. The normalized spacial score (nSPS) is 10.6. The predicted molar refractivity (Wildman–Crippen MR) is 99.2 cm³/mol. The highest BCUT2D eigenvalue weighted by Gasteiger charge is 2.16. The number of benzene rings is 2. The molecule has 0 unspecified atom stereocenters. The van der Waals surface area contributed by atoms with Gasteiger partial charge in [-0.3, -0.25) is 0 Å². The lowest BCUT2D eigenvalue weighted by atomic mass is 10.1. The van der Waals surface area contributed by atoms with Crippen molar-refractivity contribution in [2.24, 2.45) is 0 Å². The first-order valence-corrected chi connectivity index (χ1v) is 8.11. The van der Waals surface area contributed by atoms with E-state index in [9.17, 15) is 9.90 Å². The Kier molecular flexibility index (Phi) is 4.79. The number of halogens is 1. The molecule has 0 bridgehead atoms. The van der Waals surface area contributed by atoms with Crippen molar-refractivity contribution in [1.82, 2.24) is 9.97 Å². The molecule has 1 aromatic heterocycles. The lowest BCUT2D eigenvalue weighted by Gasteiger charge is -2.13. The standard InChI is InChI=1S/C17H14IN3O3/c1-21(18)16-13-7-12(8-14(22)15(13)19-10-20-16)17(23)24-9-11-5-3-2-4-6-11/h2-8,10,22H,9H2,1H3. The summed E-state index contributed by atoms with van der Waals surface area (Å²) >= 11 is 2.07. The number of carbonyl (C=O) groups is 1. The van der Waals surface area contributed by atoms with Gasteiger partial charge in [-0.1, -0.05) is 30.3 Å². The second kappa shape index (κ2) is 7.00. The van der Waals surface area contributed by atoms with Gasteiger partial charge in [0.25, 0.3) is 0 Å². The van der Waals surface area contributed by atoms with E-state index in [0.29, 0.717) is 16.7 Å². The Hall–Kier alpha value is -2.42. The number of hydrogen-bond acceptors (Lipinski definition) is 6. The molecule has 0 aliphatic carbocycles. The molecule has 0 saturated heterocycles. The molecule has 7 heteroatoms. The highest BCUT2D eigenvalue weighted by molar-refractivity contribution is 14.1. The molecular formula is C17H14IN3O3. The number of esters is 1. The van der Waals surface area contributed by atoms with E-state index in [4.69, 9.17) is 4.74 Å². The van der Waals surface area contributed by atoms with Crippen molar-refractivity contribution >= 4 is 45.6 Å². The molecule has 6 nitrogen and oxygen atoms in total. The quantitative estimate of drug-likeness (QED) is 0.384. The second-order valence-corrected chi connectivity index (χ2v) is 6.57. The van der Waals surface area contributed by atoms with Crippen LogP contribution >= 0.6 is 22.9 Å². The highest BCUT2D eigenvalue weighted by Crippen LogP contribution is 2.31. The summed E-state index contributed by atoms with van der Waals surface area (Å²) in [5.74, 6) is 0.0108. The van der Waals surface area contributed by atoms with Gasteiger partial charge in [0.05, 0.1) is 28.4 Å². The molecule has 122 valence electrons. The SMILES string of the molecule is CN(I)c1ncnc2c(O)cc(C(=O)OCc3ccccc3)cc12. The van der Waals surface area contributed by atoms with E-state index in [0.717, 1.165) is 5.56 Å². The Balaban J connectivity index is 1.91. The number of rotatable bonds is 4. The van der Waals surface area contributed by atoms with E-state index in [2.05, 4.69) is 32.8 Å². The summed E-state index contributed by atoms with van der Waals surface area (Å²) in [7, 11) is 1.82. The first-order valence-electron chi connectivity index (χ1n) is 7.14. The molecule has 0 saturated carbocycles. The van der Waals surface area contributed by atoms with Gasteiger partial charge in [0.1, 0.15) is 30.0 Å². The van der Waals surface area contributed by atoms with Crippen LogP contribution in [0.5, 0.6) is 5.75 Å². The molecule has 0 radical (unpaired) electrons. The number of nitrogens with zero attached hydrogens (tertiary/aromatic N) is 3. The minimum Gasteiger partial charge on any atom is -0.506 e. The van der Waals surface area contributed by atoms with Gasteiger partial charge < -0.3 is 13.0 Å². The van der Waals surface area contributed by atoms with Crippen LogP contribution in [0.25, 0.3) is 10.9 Å². The maximum absolute atomic E-state index is 12.3. The van der Waals surface area contributed by atoms with Crippen LogP contribution in [0.3, 0.4) is 0 Å². The third kappa shape index (κ3) is 3.40. The molecule has 24 heavy (non-hydrogen) atoms. The average molecular weight is 435 g/mol. The van der Waals surface area contributed by atoms with Gasteiger partial charge in [-0.05, 0) is 17.7 Å². The number of anilines is 1. The van der Waals surface area contributed by atoms with E-state index < -0.39 is 5.97 Å². The number of fused-ring (bicyclic) bond motifs is 1. The lowest BCUT2D eigenvalue weighted by Crippen LogP contribution is -2.07. The van der Waals surface area contributed by atoms with Crippen molar-refractivity contribution in [3.8, 4) is 5.75 Å². The monoisotopic (exact) mass is 435 g/mol. The first-order chi connectivity index (χ1) is 11.6. The zero-order valence-corrected chi connectivity index (χ0v) is 15.0. The summed E-state index contributed by atoms with van der Waals surface area (Å²) in [4.78, 5) is 20.6. The Morgan fingerprint density at radius 3 is 2.71 bits per heavy atom. The Bertz CT molecular complexity index is 885.